The summed E-state index contributed by atoms with van der Waals surface area (Å²) >= 11 is 0. The van der Waals surface area contributed by atoms with Crippen molar-refractivity contribution in [3.05, 3.63) is 24.3 Å². The number of carbonyl (C=O) groups excluding carboxylic acids is 1. The number of rotatable bonds is 2. The molecule has 0 bridgehead atoms. The Labute approximate surface area is 114 Å². The summed E-state index contributed by atoms with van der Waals surface area (Å²) in [7, 11) is 4.05. The van der Waals surface area contributed by atoms with Crippen LogP contribution in [0.4, 0.5) is 11.4 Å². The van der Waals surface area contributed by atoms with Gasteiger partial charge in [-0.1, -0.05) is 0 Å². The summed E-state index contributed by atoms with van der Waals surface area (Å²) in [5.74, 6) is 0.804. The molecule has 2 atom stereocenters. The standard InChI is InChI=1S/C15H21N3O/c1-17(2)12-3-5-13(6-4-12)18-14-10-16-8-7-11(14)9-15(18)19/h3-6,11,14,16H,7-10H2,1-2H3. The highest BCUT2D eigenvalue weighted by Gasteiger charge is 2.41. The van der Waals surface area contributed by atoms with E-state index in [4.69, 9.17) is 0 Å². The molecule has 0 aromatic heterocycles. The van der Waals surface area contributed by atoms with Crippen LogP contribution in [0, 0.1) is 5.92 Å². The first-order valence-corrected chi connectivity index (χ1v) is 6.97. The minimum atomic E-state index is 0.274. The molecule has 1 amide bonds. The van der Waals surface area contributed by atoms with Gasteiger partial charge in [0.1, 0.15) is 0 Å². The van der Waals surface area contributed by atoms with Gasteiger partial charge in [-0.15, -0.1) is 0 Å². The molecule has 1 N–H and O–H groups in total. The number of carbonyl (C=O) groups is 1. The van der Waals surface area contributed by atoms with Crippen molar-refractivity contribution < 1.29 is 4.79 Å². The third-order valence-corrected chi connectivity index (χ3v) is 4.27. The quantitative estimate of drug-likeness (QED) is 0.873. The molecule has 4 heteroatoms. The Bertz CT molecular complexity index is 469. The molecule has 0 radical (unpaired) electrons. The van der Waals surface area contributed by atoms with Crippen LogP contribution in [0.25, 0.3) is 0 Å². The van der Waals surface area contributed by atoms with Crippen molar-refractivity contribution in [2.24, 2.45) is 5.92 Å². The Hall–Kier alpha value is -1.55. The van der Waals surface area contributed by atoms with Gasteiger partial charge in [0.25, 0.3) is 0 Å². The number of hydrogen-bond donors (Lipinski definition) is 1. The minimum absolute atomic E-state index is 0.274. The molecule has 1 aromatic carbocycles. The summed E-state index contributed by atoms with van der Waals surface area (Å²) in [5, 5.41) is 3.40. The van der Waals surface area contributed by atoms with E-state index < -0.39 is 0 Å². The van der Waals surface area contributed by atoms with Crippen molar-refractivity contribution in [1.82, 2.24) is 5.32 Å². The van der Waals surface area contributed by atoms with Crippen LogP contribution in [-0.4, -0.2) is 39.1 Å². The summed E-state index contributed by atoms with van der Waals surface area (Å²) in [4.78, 5) is 16.3. The molecule has 0 aliphatic carbocycles. The van der Waals surface area contributed by atoms with Gasteiger partial charge in [-0.2, -0.15) is 0 Å². The Morgan fingerprint density at radius 2 is 2.00 bits per heavy atom. The Balaban J connectivity index is 1.86. The molecule has 102 valence electrons. The van der Waals surface area contributed by atoms with Crippen molar-refractivity contribution in [1.29, 1.82) is 0 Å². The molecule has 0 saturated carbocycles. The molecular weight excluding hydrogens is 238 g/mol. The van der Waals surface area contributed by atoms with E-state index in [0.29, 0.717) is 18.4 Å². The van der Waals surface area contributed by atoms with E-state index in [9.17, 15) is 4.79 Å². The van der Waals surface area contributed by atoms with Gasteiger partial charge in [0.2, 0.25) is 5.91 Å². The number of amides is 1. The van der Waals surface area contributed by atoms with Crippen molar-refractivity contribution in [2.75, 3.05) is 37.0 Å². The van der Waals surface area contributed by atoms with Gasteiger partial charge < -0.3 is 15.1 Å². The fraction of sp³-hybridized carbons (Fsp3) is 0.533. The molecule has 2 unspecified atom stereocenters. The third kappa shape index (κ3) is 2.21. The van der Waals surface area contributed by atoms with E-state index in [1.165, 1.54) is 0 Å². The number of fused-ring (bicyclic) bond motifs is 1. The molecule has 3 rings (SSSR count). The lowest BCUT2D eigenvalue weighted by atomic mass is 9.93. The first-order chi connectivity index (χ1) is 9.16. The van der Waals surface area contributed by atoms with Crippen LogP contribution in [0.5, 0.6) is 0 Å². The maximum Gasteiger partial charge on any atom is 0.227 e. The summed E-state index contributed by atoms with van der Waals surface area (Å²) in [5.41, 5.74) is 2.19. The summed E-state index contributed by atoms with van der Waals surface area (Å²) in [6.07, 6.45) is 1.82. The second kappa shape index (κ2) is 4.85. The largest absolute Gasteiger partial charge is 0.378 e. The van der Waals surface area contributed by atoms with Gasteiger partial charge in [-0.3, -0.25) is 4.79 Å². The molecular formula is C15H21N3O. The predicted molar refractivity (Wildman–Crippen MR) is 77.6 cm³/mol. The zero-order valence-electron chi connectivity index (χ0n) is 11.6. The minimum Gasteiger partial charge on any atom is -0.378 e. The lowest BCUT2D eigenvalue weighted by Gasteiger charge is -2.32. The lowest BCUT2D eigenvalue weighted by Crippen LogP contribution is -2.46. The first-order valence-electron chi connectivity index (χ1n) is 6.97. The highest BCUT2D eigenvalue weighted by molar-refractivity contribution is 5.96. The smallest absolute Gasteiger partial charge is 0.227 e. The number of hydrogen-bond acceptors (Lipinski definition) is 3. The van der Waals surface area contributed by atoms with E-state index in [1.54, 1.807) is 0 Å². The van der Waals surface area contributed by atoms with Gasteiger partial charge in [0.05, 0.1) is 6.04 Å². The molecule has 1 aromatic rings. The van der Waals surface area contributed by atoms with Crippen molar-refractivity contribution in [3.63, 3.8) is 0 Å². The highest BCUT2D eigenvalue weighted by Crippen LogP contribution is 2.34. The molecule has 2 saturated heterocycles. The highest BCUT2D eigenvalue weighted by atomic mass is 16.2. The van der Waals surface area contributed by atoms with Crippen molar-refractivity contribution in [3.8, 4) is 0 Å². The van der Waals surface area contributed by atoms with Gasteiger partial charge in [0.15, 0.2) is 0 Å². The fourth-order valence-electron chi connectivity index (χ4n) is 3.19. The number of nitrogens with one attached hydrogen (secondary N) is 1. The van der Waals surface area contributed by atoms with Crippen molar-refractivity contribution >= 4 is 17.3 Å². The summed E-state index contributed by atoms with van der Waals surface area (Å²) < 4.78 is 0. The second-order valence-electron chi connectivity index (χ2n) is 5.70. The third-order valence-electron chi connectivity index (χ3n) is 4.27. The number of benzene rings is 1. The molecule has 2 heterocycles. The summed E-state index contributed by atoms with van der Waals surface area (Å²) in [6.45, 7) is 1.97. The summed E-state index contributed by atoms with van der Waals surface area (Å²) in [6, 6.07) is 8.61. The van der Waals surface area contributed by atoms with Crippen LogP contribution in [0.15, 0.2) is 24.3 Å². The average Bonchev–Trinajstić information content (AvgIpc) is 2.74. The van der Waals surface area contributed by atoms with Crippen LogP contribution in [-0.2, 0) is 4.79 Å². The number of anilines is 2. The molecule has 0 spiro atoms. The van der Waals surface area contributed by atoms with Crippen LogP contribution in [0.3, 0.4) is 0 Å². The van der Waals surface area contributed by atoms with Gasteiger partial charge in [-0.25, -0.2) is 0 Å². The second-order valence-corrected chi connectivity index (χ2v) is 5.70. The Morgan fingerprint density at radius 3 is 2.68 bits per heavy atom. The van der Waals surface area contributed by atoms with E-state index in [2.05, 4.69) is 34.5 Å². The molecule has 2 fully saturated rings. The van der Waals surface area contributed by atoms with E-state index in [-0.39, 0.29) is 5.91 Å². The zero-order valence-corrected chi connectivity index (χ0v) is 11.6. The Morgan fingerprint density at radius 1 is 1.26 bits per heavy atom. The Kier molecular flexibility index (Phi) is 3.19. The average molecular weight is 259 g/mol. The number of piperidine rings is 1. The van der Waals surface area contributed by atoms with Gasteiger partial charge >= 0.3 is 0 Å². The van der Waals surface area contributed by atoms with Crippen LogP contribution >= 0.6 is 0 Å². The van der Waals surface area contributed by atoms with Crippen molar-refractivity contribution in [2.45, 2.75) is 18.9 Å². The normalized spacial score (nSPS) is 26.4. The first kappa shape index (κ1) is 12.5. The zero-order chi connectivity index (χ0) is 13.4. The maximum atomic E-state index is 12.2. The van der Waals surface area contributed by atoms with Gasteiger partial charge in [0, 0.05) is 38.4 Å². The van der Waals surface area contributed by atoms with E-state index in [1.807, 2.05) is 19.0 Å². The topological polar surface area (TPSA) is 35.6 Å². The van der Waals surface area contributed by atoms with Gasteiger partial charge in [-0.05, 0) is 43.1 Å². The van der Waals surface area contributed by atoms with E-state index in [0.717, 1.165) is 30.9 Å². The maximum absolute atomic E-state index is 12.2. The van der Waals surface area contributed by atoms with Crippen LogP contribution in [0.1, 0.15) is 12.8 Å². The molecule has 2 aliphatic heterocycles. The predicted octanol–water partition coefficient (Wildman–Crippen LogP) is 1.47. The van der Waals surface area contributed by atoms with Crippen LogP contribution in [0.2, 0.25) is 0 Å². The lowest BCUT2D eigenvalue weighted by molar-refractivity contribution is -0.117. The van der Waals surface area contributed by atoms with Crippen LogP contribution < -0.4 is 15.1 Å². The monoisotopic (exact) mass is 259 g/mol. The fourth-order valence-corrected chi connectivity index (χ4v) is 3.19. The SMILES string of the molecule is CN(C)c1ccc(N2C(=O)CC3CCNCC32)cc1. The van der Waals surface area contributed by atoms with E-state index >= 15 is 0 Å². The number of nitrogens with zero attached hydrogens (tertiary/aromatic N) is 2. The molecule has 19 heavy (non-hydrogen) atoms. The molecule has 2 aliphatic rings. The molecule has 4 nitrogen and oxygen atoms in total.